The largest absolute Gasteiger partial charge is 0.358 e. The van der Waals surface area contributed by atoms with E-state index in [-0.39, 0.29) is 24.6 Å². The Hall–Kier alpha value is -2.39. The zero-order valence-electron chi connectivity index (χ0n) is 11.4. The van der Waals surface area contributed by atoms with Gasteiger partial charge in [0.15, 0.2) is 0 Å². The summed E-state index contributed by atoms with van der Waals surface area (Å²) in [5.41, 5.74) is 5.62. The number of nitrogens with one attached hydrogen (secondary N) is 1. The Morgan fingerprint density at radius 1 is 1.45 bits per heavy atom. The highest BCUT2D eigenvalue weighted by Gasteiger charge is 2.18. The third kappa shape index (κ3) is 4.07. The Morgan fingerprint density at radius 2 is 2.15 bits per heavy atom. The molecule has 2 amide bonds. The molecule has 1 aromatic rings. The number of likely N-dealkylation sites (N-methyl/N-ethyl adjacent to an activating group) is 2. The van der Waals surface area contributed by atoms with Crippen LogP contribution in [0.5, 0.6) is 0 Å². The highest BCUT2D eigenvalue weighted by atomic mass is 19.1. The maximum atomic E-state index is 13.7. The minimum atomic E-state index is -0.656. The smallest absolute Gasteiger partial charge is 0.257 e. The van der Waals surface area contributed by atoms with Gasteiger partial charge < -0.3 is 16.0 Å². The van der Waals surface area contributed by atoms with Crippen LogP contribution in [0.4, 0.5) is 4.39 Å². The Labute approximate surface area is 116 Å². The van der Waals surface area contributed by atoms with Crippen LogP contribution in [0.1, 0.15) is 15.9 Å². The summed E-state index contributed by atoms with van der Waals surface area (Å²) in [5.74, 6) is 3.78. The molecule has 6 heteroatoms. The standard InChI is InChI=1S/C14H16FN3O2/c1-17-13(19)9-18(2)14(20)11-8-10(4-3-7-16)5-6-12(11)15/h5-6,8H,7,9,16H2,1-2H3,(H,17,19). The number of amides is 2. The fourth-order valence-corrected chi connectivity index (χ4v) is 1.49. The van der Waals surface area contributed by atoms with E-state index in [2.05, 4.69) is 17.2 Å². The summed E-state index contributed by atoms with van der Waals surface area (Å²) in [7, 11) is 2.89. The molecule has 5 nitrogen and oxygen atoms in total. The van der Waals surface area contributed by atoms with Gasteiger partial charge >= 0.3 is 0 Å². The van der Waals surface area contributed by atoms with E-state index in [1.165, 1.54) is 32.3 Å². The Morgan fingerprint density at radius 3 is 2.75 bits per heavy atom. The van der Waals surface area contributed by atoms with Crippen LogP contribution in [0.3, 0.4) is 0 Å². The molecule has 0 saturated carbocycles. The van der Waals surface area contributed by atoms with E-state index in [9.17, 15) is 14.0 Å². The van der Waals surface area contributed by atoms with Gasteiger partial charge in [0.05, 0.1) is 18.7 Å². The lowest BCUT2D eigenvalue weighted by Gasteiger charge is -2.16. The van der Waals surface area contributed by atoms with Gasteiger partial charge in [-0.2, -0.15) is 0 Å². The van der Waals surface area contributed by atoms with Crippen LogP contribution in [-0.2, 0) is 4.79 Å². The van der Waals surface area contributed by atoms with Crippen molar-refractivity contribution in [1.29, 1.82) is 0 Å². The van der Waals surface area contributed by atoms with Gasteiger partial charge in [-0.05, 0) is 18.2 Å². The minimum Gasteiger partial charge on any atom is -0.358 e. The average Bonchev–Trinajstić information content (AvgIpc) is 2.45. The first-order valence-corrected chi connectivity index (χ1v) is 5.94. The lowest BCUT2D eigenvalue weighted by atomic mass is 10.1. The van der Waals surface area contributed by atoms with E-state index in [0.29, 0.717) is 5.56 Å². The number of benzene rings is 1. The molecule has 0 bridgehead atoms. The van der Waals surface area contributed by atoms with Crippen LogP contribution < -0.4 is 11.1 Å². The van der Waals surface area contributed by atoms with Crippen molar-refractivity contribution in [3.63, 3.8) is 0 Å². The maximum absolute atomic E-state index is 13.7. The van der Waals surface area contributed by atoms with Crippen LogP contribution in [-0.4, -0.2) is 43.9 Å². The molecule has 3 N–H and O–H groups in total. The molecule has 0 unspecified atom stereocenters. The van der Waals surface area contributed by atoms with Gasteiger partial charge in [-0.3, -0.25) is 9.59 Å². The number of nitrogens with zero attached hydrogens (tertiary/aromatic N) is 1. The minimum absolute atomic E-state index is 0.125. The van der Waals surface area contributed by atoms with E-state index >= 15 is 0 Å². The van der Waals surface area contributed by atoms with Crippen LogP contribution >= 0.6 is 0 Å². The molecule has 0 atom stereocenters. The van der Waals surface area contributed by atoms with E-state index in [4.69, 9.17) is 5.73 Å². The van der Waals surface area contributed by atoms with Crippen LogP contribution in [0.15, 0.2) is 18.2 Å². The second-order valence-corrected chi connectivity index (χ2v) is 4.03. The quantitative estimate of drug-likeness (QED) is 0.761. The molecular formula is C14H16FN3O2. The number of halogens is 1. The fourth-order valence-electron chi connectivity index (χ4n) is 1.49. The van der Waals surface area contributed by atoms with Crippen molar-refractivity contribution in [3.8, 4) is 11.8 Å². The van der Waals surface area contributed by atoms with Crippen LogP contribution in [0.2, 0.25) is 0 Å². The second kappa shape index (κ2) is 7.26. The van der Waals surface area contributed by atoms with Crippen LogP contribution in [0, 0.1) is 17.7 Å². The predicted molar refractivity (Wildman–Crippen MR) is 73.4 cm³/mol. The van der Waals surface area contributed by atoms with Gasteiger partial charge in [-0.1, -0.05) is 11.8 Å². The zero-order valence-corrected chi connectivity index (χ0v) is 11.4. The lowest BCUT2D eigenvalue weighted by molar-refractivity contribution is -0.121. The Kier molecular flexibility index (Phi) is 5.69. The molecule has 0 radical (unpaired) electrons. The molecule has 0 aliphatic carbocycles. The second-order valence-electron chi connectivity index (χ2n) is 4.03. The summed E-state index contributed by atoms with van der Waals surface area (Å²) in [4.78, 5) is 24.4. The highest BCUT2D eigenvalue weighted by molar-refractivity contribution is 5.96. The maximum Gasteiger partial charge on any atom is 0.257 e. The molecule has 106 valence electrons. The van der Waals surface area contributed by atoms with Crippen LogP contribution in [0.25, 0.3) is 0 Å². The monoisotopic (exact) mass is 277 g/mol. The third-order valence-electron chi connectivity index (χ3n) is 2.54. The highest BCUT2D eigenvalue weighted by Crippen LogP contribution is 2.12. The normalized spacial score (nSPS) is 9.40. The summed E-state index contributed by atoms with van der Waals surface area (Å²) in [5, 5.41) is 2.39. The van der Waals surface area contributed by atoms with Gasteiger partial charge in [0.25, 0.3) is 5.91 Å². The van der Waals surface area contributed by atoms with E-state index in [0.717, 1.165) is 4.90 Å². The number of carbonyl (C=O) groups excluding carboxylic acids is 2. The Bertz CT molecular complexity index is 576. The Balaban J connectivity index is 2.99. The predicted octanol–water partition coefficient (Wildman–Crippen LogP) is -0.0461. The summed E-state index contributed by atoms with van der Waals surface area (Å²) < 4.78 is 13.7. The molecular weight excluding hydrogens is 261 g/mol. The van der Waals surface area contributed by atoms with Crippen molar-refractivity contribution < 1.29 is 14.0 Å². The molecule has 1 rings (SSSR count). The van der Waals surface area contributed by atoms with Crippen molar-refractivity contribution in [2.24, 2.45) is 5.73 Å². The van der Waals surface area contributed by atoms with Crippen molar-refractivity contribution >= 4 is 11.8 Å². The first kappa shape index (κ1) is 15.7. The number of hydrogen-bond acceptors (Lipinski definition) is 3. The topological polar surface area (TPSA) is 75.4 Å². The molecule has 0 spiro atoms. The van der Waals surface area contributed by atoms with E-state index in [1.54, 1.807) is 0 Å². The van der Waals surface area contributed by atoms with Crippen molar-refractivity contribution in [2.45, 2.75) is 0 Å². The van der Waals surface area contributed by atoms with Gasteiger partial charge in [-0.25, -0.2) is 4.39 Å². The van der Waals surface area contributed by atoms with Gasteiger partial charge in [0, 0.05) is 19.7 Å². The van der Waals surface area contributed by atoms with Crippen molar-refractivity contribution in [3.05, 3.63) is 35.1 Å². The van der Waals surface area contributed by atoms with Crippen molar-refractivity contribution in [2.75, 3.05) is 27.2 Å². The van der Waals surface area contributed by atoms with Gasteiger partial charge in [0.2, 0.25) is 5.91 Å². The molecule has 20 heavy (non-hydrogen) atoms. The number of nitrogens with two attached hydrogens (primary N) is 1. The van der Waals surface area contributed by atoms with Gasteiger partial charge in [-0.15, -0.1) is 0 Å². The molecule has 0 saturated heterocycles. The molecule has 0 aliphatic rings. The molecule has 0 aliphatic heterocycles. The summed E-state index contributed by atoms with van der Waals surface area (Å²) >= 11 is 0. The fraction of sp³-hybridized carbons (Fsp3) is 0.286. The molecule has 0 aromatic heterocycles. The molecule has 0 fully saturated rings. The van der Waals surface area contributed by atoms with Gasteiger partial charge in [0.1, 0.15) is 5.82 Å². The van der Waals surface area contributed by atoms with Crippen molar-refractivity contribution in [1.82, 2.24) is 10.2 Å². The number of rotatable bonds is 3. The summed E-state index contributed by atoms with van der Waals surface area (Å²) in [6, 6.07) is 3.98. The first-order chi connectivity index (χ1) is 9.49. The SMILES string of the molecule is CNC(=O)CN(C)C(=O)c1cc(C#CCN)ccc1F. The van der Waals surface area contributed by atoms with E-state index in [1.807, 2.05) is 0 Å². The molecule has 1 aromatic carbocycles. The lowest BCUT2D eigenvalue weighted by Crippen LogP contribution is -2.37. The number of carbonyl (C=O) groups is 2. The third-order valence-corrected chi connectivity index (χ3v) is 2.54. The summed E-state index contributed by atoms with van der Waals surface area (Å²) in [6.07, 6.45) is 0. The number of hydrogen-bond donors (Lipinski definition) is 2. The first-order valence-electron chi connectivity index (χ1n) is 5.94. The molecule has 0 heterocycles. The van der Waals surface area contributed by atoms with E-state index < -0.39 is 11.7 Å². The summed E-state index contributed by atoms with van der Waals surface area (Å²) in [6.45, 7) is 0.0325. The average molecular weight is 277 g/mol. The zero-order chi connectivity index (χ0) is 15.1.